The zero-order valence-corrected chi connectivity index (χ0v) is 7.05. The van der Waals surface area contributed by atoms with E-state index >= 15 is 0 Å². The molecule has 1 aromatic carbocycles. The van der Waals surface area contributed by atoms with Gasteiger partial charge in [-0.25, -0.2) is 0 Å². The summed E-state index contributed by atoms with van der Waals surface area (Å²) in [5.74, 6) is 0. The van der Waals surface area contributed by atoms with Crippen molar-refractivity contribution < 1.29 is 4.57 Å². The number of hydrogen-bond donors (Lipinski definition) is 0. The Kier molecular flexibility index (Phi) is 3.00. The molecule has 1 aromatic rings. The summed E-state index contributed by atoms with van der Waals surface area (Å²) in [6.07, 6.45) is 2.39. The molecule has 0 atom stereocenters. The van der Waals surface area contributed by atoms with E-state index in [4.69, 9.17) is 0 Å². The van der Waals surface area contributed by atoms with Gasteiger partial charge in [0.05, 0.1) is 6.16 Å². The monoisotopic (exact) mass is 164 g/mol. The molecule has 0 aliphatic heterocycles. The Labute approximate surface area is 68.0 Å². The maximum Gasteiger partial charge on any atom is 0.160 e. The summed E-state index contributed by atoms with van der Waals surface area (Å²) in [7, 11) is 0.175. The van der Waals surface area contributed by atoms with E-state index in [1.807, 2.05) is 24.3 Å². The molecule has 0 aliphatic carbocycles. The average molecular weight is 164 g/mol. The molecule has 0 fully saturated rings. The van der Waals surface area contributed by atoms with E-state index in [2.05, 4.69) is 6.58 Å². The van der Waals surface area contributed by atoms with Gasteiger partial charge < -0.3 is 0 Å². The molecule has 0 aromatic heterocycles. The van der Waals surface area contributed by atoms with Gasteiger partial charge in [-0.3, -0.25) is 4.57 Å². The minimum Gasteiger partial charge on any atom is -0.275 e. The lowest BCUT2D eigenvalue weighted by Gasteiger charge is -1.94. The van der Waals surface area contributed by atoms with Crippen molar-refractivity contribution in [2.45, 2.75) is 6.16 Å². The van der Waals surface area contributed by atoms with E-state index in [9.17, 15) is 4.57 Å². The van der Waals surface area contributed by atoms with Crippen LogP contribution in [0, 0.1) is 0 Å². The summed E-state index contributed by atoms with van der Waals surface area (Å²) in [6, 6.07) is 7.85. The molecule has 0 aliphatic rings. The van der Waals surface area contributed by atoms with Crippen molar-refractivity contribution in [2.75, 3.05) is 0 Å². The second kappa shape index (κ2) is 4.05. The second-order valence-electron chi connectivity index (χ2n) is 2.23. The van der Waals surface area contributed by atoms with Crippen molar-refractivity contribution in [1.82, 2.24) is 0 Å². The molecule has 0 saturated heterocycles. The van der Waals surface area contributed by atoms with Gasteiger partial charge in [-0.05, 0) is 11.1 Å². The Morgan fingerprint density at radius 1 is 1.36 bits per heavy atom. The van der Waals surface area contributed by atoms with Crippen LogP contribution in [-0.4, -0.2) is 0 Å². The van der Waals surface area contributed by atoms with Crippen LogP contribution in [0.4, 0.5) is 0 Å². The third kappa shape index (κ3) is 2.28. The van der Waals surface area contributed by atoms with Gasteiger partial charge in [0.2, 0.25) is 0 Å². The van der Waals surface area contributed by atoms with E-state index < -0.39 is 0 Å². The predicted molar refractivity (Wildman–Crippen MR) is 47.8 cm³/mol. The molecule has 56 valence electrons. The van der Waals surface area contributed by atoms with Gasteiger partial charge >= 0.3 is 0 Å². The summed E-state index contributed by atoms with van der Waals surface area (Å²) < 4.78 is 10.2. The molecule has 0 unspecified atom stereocenters. The molecule has 1 rings (SSSR count). The van der Waals surface area contributed by atoms with Crippen molar-refractivity contribution >= 4 is 14.5 Å². The molecule has 0 amide bonds. The highest BCUT2D eigenvalue weighted by molar-refractivity contribution is 7.22. The molecule has 1 nitrogen and oxygen atoms in total. The van der Waals surface area contributed by atoms with E-state index in [0.29, 0.717) is 6.16 Å². The smallest absolute Gasteiger partial charge is 0.160 e. The van der Waals surface area contributed by atoms with Gasteiger partial charge in [0.15, 0.2) is 8.46 Å². The highest BCUT2D eigenvalue weighted by Crippen LogP contribution is 2.10. The molecule has 0 heterocycles. The maximum atomic E-state index is 10.2. The SMILES string of the molecule is C=Cc1ccc(CP=O)cc1. The highest BCUT2D eigenvalue weighted by atomic mass is 31.1. The van der Waals surface area contributed by atoms with Crippen LogP contribution in [0.5, 0.6) is 0 Å². The number of hydrogen-bond acceptors (Lipinski definition) is 1. The fraction of sp³-hybridized carbons (Fsp3) is 0.111. The van der Waals surface area contributed by atoms with Crippen molar-refractivity contribution in [3.8, 4) is 0 Å². The van der Waals surface area contributed by atoms with Crippen molar-refractivity contribution in [3.05, 3.63) is 42.0 Å². The minimum atomic E-state index is 0.175. The van der Waals surface area contributed by atoms with E-state index in [-0.39, 0.29) is 8.46 Å². The first kappa shape index (κ1) is 8.16. The molecule has 2 heteroatoms. The van der Waals surface area contributed by atoms with Crippen molar-refractivity contribution in [2.24, 2.45) is 0 Å². The average Bonchev–Trinajstić information content (AvgIpc) is 2.07. The van der Waals surface area contributed by atoms with Crippen LogP contribution in [0.15, 0.2) is 30.8 Å². The first-order valence-corrected chi connectivity index (χ1v) is 4.37. The fourth-order valence-corrected chi connectivity index (χ4v) is 1.19. The van der Waals surface area contributed by atoms with Gasteiger partial charge in [0.1, 0.15) is 0 Å². The van der Waals surface area contributed by atoms with E-state index in [1.165, 1.54) is 0 Å². The Bertz CT molecular complexity index is 251. The molecular formula is C9H9OP. The lowest BCUT2D eigenvalue weighted by Crippen LogP contribution is -1.76. The third-order valence-electron chi connectivity index (χ3n) is 1.46. The summed E-state index contributed by atoms with van der Waals surface area (Å²) in [4.78, 5) is 0. The Balaban J connectivity index is 2.81. The van der Waals surface area contributed by atoms with Crippen LogP contribution < -0.4 is 0 Å². The molecule has 0 radical (unpaired) electrons. The quantitative estimate of drug-likeness (QED) is 0.627. The van der Waals surface area contributed by atoms with Gasteiger partial charge in [-0.1, -0.05) is 36.9 Å². The van der Waals surface area contributed by atoms with E-state index in [1.54, 1.807) is 6.08 Å². The highest BCUT2D eigenvalue weighted by Gasteiger charge is 1.90. The molecule has 11 heavy (non-hydrogen) atoms. The Hall–Kier alpha value is -0.940. The predicted octanol–water partition coefficient (Wildman–Crippen LogP) is 3.12. The molecule has 0 saturated carbocycles. The Morgan fingerprint density at radius 3 is 2.45 bits per heavy atom. The molecule has 0 N–H and O–H groups in total. The van der Waals surface area contributed by atoms with Crippen molar-refractivity contribution in [1.29, 1.82) is 0 Å². The van der Waals surface area contributed by atoms with Crippen LogP contribution in [0.1, 0.15) is 11.1 Å². The van der Waals surface area contributed by atoms with Gasteiger partial charge in [-0.15, -0.1) is 0 Å². The van der Waals surface area contributed by atoms with Crippen LogP contribution >= 0.6 is 8.46 Å². The van der Waals surface area contributed by atoms with Gasteiger partial charge in [0, 0.05) is 0 Å². The van der Waals surface area contributed by atoms with Crippen molar-refractivity contribution in [3.63, 3.8) is 0 Å². The summed E-state index contributed by atoms with van der Waals surface area (Å²) >= 11 is 0. The minimum absolute atomic E-state index is 0.175. The fourth-order valence-electron chi connectivity index (χ4n) is 0.834. The second-order valence-corrected chi connectivity index (χ2v) is 2.81. The van der Waals surface area contributed by atoms with Crippen LogP contribution in [0.2, 0.25) is 0 Å². The zero-order valence-electron chi connectivity index (χ0n) is 6.16. The standard InChI is InChI=1S/C9H9OP/c1-2-8-3-5-9(6-4-8)7-11-10/h2-6H,1,7H2. The van der Waals surface area contributed by atoms with E-state index in [0.717, 1.165) is 11.1 Å². The first-order chi connectivity index (χ1) is 5.36. The topological polar surface area (TPSA) is 17.1 Å². The zero-order chi connectivity index (χ0) is 8.10. The van der Waals surface area contributed by atoms with Gasteiger partial charge in [-0.2, -0.15) is 0 Å². The lowest BCUT2D eigenvalue weighted by atomic mass is 10.1. The number of benzene rings is 1. The van der Waals surface area contributed by atoms with Crippen LogP contribution in [-0.2, 0) is 10.7 Å². The first-order valence-electron chi connectivity index (χ1n) is 3.37. The Morgan fingerprint density at radius 2 is 2.00 bits per heavy atom. The largest absolute Gasteiger partial charge is 0.275 e. The molecular weight excluding hydrogens is 155 g/mol. The van der Waals surface area contributed by atoms with Crippen LogP contribution in [0.25, 0.3) is 6.08 Å². The third-order valence-corrected chi connectivity index (χ3v) is 1.96. The van der Waals surface area contributed by atoms with Gasteiger partial charge in [0.25, 0.3) is 0 Å². The van der Waals surface area contributed by atoms with Crippen LogP contribution in [0.3, 0.4) is 0 Å². The summed E-state index contributed by atoms with van der Waals surface area (Å²) in [6.45, 7) is 3.64. The lowest BCUT2D eigenvalue weighted by molar-refractivity contribution is 0.598. The summed E-state index contributed by atoms with van der Waals surface area (Å²) in [5, 5.41) is 0. The molecule has 0 bridgehead atoms. The normalized spacial score (nSPS) is 9.82. The molecule has 0 spiro atoms. The summed E-state index contributed by atoms with van der Waals surface area (Å²) in [5.41, 5.74) is 2.18. The number of rotatable bonds is 3. The maximum absolute atomic E-state index is 10.2.